The lowest BCUT2D eigenvalue weighted by Crippen LogP contribution is -1.92. The second-order valence-corrected chi connectivity index (χ2v) is 4.36. The van der Waals surface area contributed by atoms with Crippen LogP contribution in [0, 0.1) is 13.8 Å². The fourth-order valence-electron chi connectivity index (χ4n) is 1.39. The highest BCUT2D eigenvalue weighted by Gasteiger charge is 2.07. The minimum Gasteiger partial charge on any atom is -0.772 e. The SMILES string of the molecule is Cc1cc2nc(CS(=O)[O-])oc2cc1C. The maximum absolute atomic E-state index is 10.5. The van der Waals surface area contributed by atoms with E-state index in [0.29, 0.717) is 11.1 Å². The summed E-state index contributed by atoms with van der Waals surface area (Å²) in [6, 6.07) is 3.76. The van der Waals surface area contributed by atoms with Gasteiger partial charge in [-0.05, 0) is 48.2 Å². The fourth-order valence-corrected chi connectivity index (χ4v) is 1.72. The highest BCUT2D eigenvalue weighted by Crippen LogP contribution is 2.20. The van der Waals surface area contributed by atoms with Crippen LogP contribution in [0.1, 0.15) is 17.0 Å². The Morgan fingerprint density at radius 1 is 1.40 bits per heavy atom. The number of aromatic nitrogens is 1. The molecular weight excluding hydrogens is 214 g/mol. The maximum Gasteiger partial charge on any atom is 0.206 e. The lowest BCUT2D eigenvalue weighted by Gasteiger charge is -1.98. The lowest BCUT2D eigenvalue weighted by molar-refractivity contribution is 0.513. The highest BCUT2D eigenvalue weighted by atomic mass is 32.2. The van der Waals surface area contributed by atoms with Crippen molar-refractivity contribution in [2.45, 2.75) is 19.6 Å². The first-order valence-corrected chi connectivity index (χ1v) is 5.73. The van der Waals surface area contributed by atoms with Gasteiger partial charge >= 0.3 is 0 Å². The molecule has 1 unspecified atom stereocenters. The molecule has 2 aromatic rings. The van der Waals surface area contributed by atoms with Crippen molar-refractivity contribution in [3.8, 4) is 0 Å². The molecule has 0 amide bonds. The van der Waals surface area contributed by atoms with Crippen LogP contribution in [0.25, 0.3) is 11.1 Å². The Hall–Kier alpha value is -1.20. The molecule has 1 aromatic carbocycles. The molecule has 0 N–H and O–H groups in total. The summed E-state index contributed by atoms with van der Waals surface area (Å²) in [6.45, 7) is 3.96. The first-order chi connectivity index (χ1) is 7.06. The standard InChI is InChI=1S/C10H11NO3S/c1-6-3-8-9(4-7(6)2)14-10(11-8)5-15(12)13/h3-4H,5H2,1-2H3,(H,12,13)/p-1. The molecule has 0 aliphatic rings. The van der Waals surface area contributed by atoms with E-state index in [4.69, 9.17) is 4.42 Å². The summed E-state index contributed by atoms with van der Waals surface area (Å²) < 4.78 is 26.3. The number of hydrogen-bond donors (Lipinski definition) is 0. The van der Waals surface area contributed by atoms with Gasteiger partial charge in [-0.3, -0.25) is 4.21 Å². The molecule has 0 fully saturated rings. The molecule has 0 radical (unpaired) electrons. The molecule has 0 bridgehead atoms. The van der Waals surface area contributed by atoms with Crippen LogP contribution in [0.3, 0.4) is 0 Å². The lowest BCUT2D eigenvalue weighted by atomic mass is 10.1. The van der Waals surface area contributed by atoms with Crippen LogP contribution in [0.5, 0.6) is 0 Å². The van der Waals surface area contributed by atoms with E-state index in [2.05, 4.69) is 4.98 Å². The number of hydrogen-bond acceptors (Lipinski definition) is 4. The van der Waals surface area contributed by atoms with Crippen LogP contribution < -0.4 is 0 Å². The molecule has 5 heteroatoms. The minimum absolute atomic E-state index is 0.174. The van der Waals surface area contributed by atoms with E-state index in [1.807, 2.05) is 26.0 Å². The third-order valence-electron chi connectivity index (χ3n) is 2.29. The molecule has 2 rings (SSSR count). The molecule has 0 aliphatic heterocycles. The zero-order valence-corrected chi connectivity index (χ0v) is 9.26. The molecule has 80 valence electrons. The fraction of sp³-hybridized carbons (Fsp3) is 0.300. The van der Waals surface area contributed by atoms with Gasteiger partial charge < -0.3 is 8.97 Å². The van der Waals surface area contributed by atoms with Gasteiger partial charge in [-0.1, -0.05) is 0 Å². The van der Waals surface area contributed by atoms with E-state index in [-0.39, 0.29) is 11.6 Å². The van der Waals surface area contributed by atoms with Crippen LogP contribution in [-0.2, 0) is 16.8 Å². The maximum atomic E-state index is 10.5. The Bertz CT molecular complexity index is 494. The van der Waals surface area contributed by atoms with Gasteiger partial charge in [-0.2, -0.15) is 0 Å². The Morgan fingerprint density at radius 3 is 2.73 bits per heavy atom. The van der Waals surface area contributed by atoms with Crippen molar-refractivity contribution >= 4 is 22.2 Å². The van der Waals surface area contributed by atoms with E-state index < -0.39 is 11.1 Å². The van der Waals surface area contributed by atoms with Crippen molar-refractivity contribution in [2.75, 3.05) is 0 Å². The van der Waals surface area contributed by atoms with E-state index in [1.54, 1.807) is 0 Å². The molecule has 0 spiro atoms. The summed E-state index contributed by atoms with van der Waals surface area (Å²) in [4.78, 5) is 4.10. The smallest absolute Gasteiger partial charge is 0.206 e. The summed E-state index contributed by atoms with van der Waals surface area (Å²) in [5, 5.41) is 0. The van der Waals surface area contributed by atoms with Gasteiger partial charge in [0.2, 0.25) is 5.89 Å². The van der Waals surface area contributed by atoms with Gasteiger partial charge in [0.15, 0.2) is 5.58 Å². The number of rotatable bonds is 2. The van der Waals surface area contributed by atoms with E-state index in [0.717, 1.165) is 11.1 Å². The first kappa shape index (κ1) is 10.3. The monoisotopic (exact) mass is 224 g/mol. The summed E-state index contributed by atoms with van der Waals surface area (Å²) in [5.41, 5.74) is 3.57. The Labute approximate surface area is 89.6 Å². The number of oxazole rings is 1. The third kappa shape index (κ3) is 2.08. The van der Waals surface area contributed by atoms with Crippen LogP contribution in [0.2, 0.25) is 0 Å². The first-order valence-electron chi connectivity index (χ1n) is 4.49. The highest BCUT2D eigenvalue weighted by molar-refractivity contribution is 7.78. The van der Waals surface area contributed by atoms with Crippen LogP contribution >= 0.6 is 0 Å². The predicted octanol–water partition coefficient (Wildman–Crippen LogP) is 1.82. The summed E-state index contributed by atoms with van der Waals surface area (Å²) >= 11 is -2.16. The summed E-state index contributed by atoms with van der Waals surface area (Å²) in [6.07, 6.45) is 0. The van der Waals surface area contributed by atoms with Crippen molar-refractivity contribution in [1.82, 2.24) is 4.98 Å². The molecule has 1 heterocycles. The number of fused-ring (bicyclic) bond motifs is 1. The van der Waals surface area contributed by atoms with Crippen molar-refractivity contribution in [1.29, 1.82) is 0 Å². The second-order valence-electron chi connectivity index (χ2n) is 3.46. The molecule has 0 saturated carbocycles. The van der Waals surface area contributed by atoms with Crippen LogP contribution in [0.4, 0.5) is 0 Å². The molecule has 4 nitrogen and oxygen atoms in total. The molecule has 0 saturated heterocycles. The number of nitrogens with zero attached hydrogens (tertiary/aromatic N) is 1. The van der Waals surface area contributed by atoms with E-state index >= 15 is 0 Å². The Morgan fingerprint density at radius 2 is 2.07 bits per heavy atom. The van der Waals surface area contributed by atoms with Gasteiger partial charge in [0, 0.05) is 0 Å². The van der Waals surface area contributed by atoms with Gasteiger partial charge in [-0.25, -0.2) is 4.98 Å². The van der Waals surface area contributed by atoms with Crippen molar-refractivity contribution in [2.24, 2.45) is 0 Å². The van der Waals surface area contributed by atoms with Crippen LogP contribution in [-0.4, -0.2) is 13.7 Å². The molecular formula is C10H10NO3S-. The molecule has 0 aliphatic carbocycles. The van der Waals surface area contributed by atoms with Crippen molar-refractivity contribution in [3.05, 3.63) is 29.2 Å². The normalized spacial score (nSPS) is 13.3. The average molecular weight is 224 g/mol. The number of benzene rings is 1. The van der Waals surface area contributed by atoms with Gasteiger partial charge in [0.25, 0.3) is 0 Å². The summed E-state index contributed by atoms with van der Waals surface area (Å²) in [7, 11) is 0. The molecule has 1 atom stereocenters. The average Bonchev–Trinajstić information content (AvgIpc) is 2.46. The quantitative estimate of drug-likeness (QED) is 0.730. The second kappa shape index (κ2) is 3.75. The Kier molecular flexibility index (Phi) is 2.58. The zero-order chi connectivity index (χ0) is 11.0. The Balaban J connectivity index is 2.51. The topological polar surface area (TPSA) is 66.2 Å². The molecule has 1 aromatic heterocycles. The van der Waals surface area contributed by atoms with Gasteiger partial charge in [0.05, 0.1) is 5.75 Å². The van der Waals surface area contributed by atoms with Crippen molar-refractivity contribution in [3.63, 3.8) is 0 Å². The third-order valence-corrected chi connectivity index (χ3v) is 2.77. The zero-order valence-electron chi connectivity index (χ0n) is 8.44. The van der Waals surface area contributed by atoms with Crippen molar-refractivity contribution < 1.29 is 13.2 Å². The molecule has 15 heavy (non-hydrogen) atoms. The summed E-state index contributed by atoms with van der Waals surface area (Å²) in [5.74, 6) is 0.0654. The van der Waals surface area contributed by atoms with Crippen LogP contribution in [0.15, 0.2) is 16.5 Å². The minimum atomic E-state index is -2.16. The number of aryl methyl sites for hydroxylation is 2. The van der Waals surface area contributed by atoms with Gasteiger partial charge in [-0.15, -0.1) is 0 Å². The van der Waals surface area contributed by atoms with Gasteiger partial charge in [0.1, 0.15) is 5.52 Å². The predicted molar refractivity (Wildman–Crippen MR) is 56.1 cm³/mol. The largest absolute Gasteiger partial charge is 0.772 e. The van der Waals surface area contributed by atoms with E-state index in [1.165, 1.54) is 0 Å². The van der Waals surface area contributed by atoms with E-state index in [9.17, 15) is 8.76 Å².